The SMILES string of the molecule is CC(=O)c1csc(N2CCOC(C)C2)n1. The molecule has 0 bridgehead atoms. The third-order valence-electron chi connectivity index (χ3n) is 2.36. The zero-order valence-electron chi connectivity index (χ0n) is 8.90. The van der Waals surface area contributed by atoms with Crippen LogP contribution in [0.3, 0.4) is 0 Å². The Hall–Kier alpha value is -0.940. The fraction of sp³-hybridized carbons (Fsp3) is 0.600. The molecule has 1 unspecified atom stereocenters. The van der Waals surface area contributed by atoms with Gasteiger partial charge in [0.15, 0.2) is 10.9 Å². The molecule has 1 saturated heterocycles. The van der Waals surface area contributed by atoms with E-state index in [2.05, 4.69) is 9.88 Å². The molecule has 1 aromatic heterocycles. The molecular formula is C10H14N2O2S. The van der Waals surface area contributed by atoms with Crippen LogP contribution in [-0.4, -0.2) is 36.6 Å². The van der Waals surface area contributed by atoms with E-state index in [1.165, 1.54) is 11.3 Å². The van der Waals surface area contributed by atoms with Crippen LogP contribution in [0.15, 0.2) is 5.38 Å². The molecule has 15 heavy (non-hydrogen) atoms. The Kier molecular flexibility index (Phi) is 3.02. The van der Waals surface area contributed by atoms with Crippen LogP contribution in [0.5, 0.6) is 0 Å². The number of aromatic nitrogens is 1. The number of carbonyl (C=O) groups excluding carboxylic acids is 1. The smallest absolute Gasteiger partial charge is 0.186 e. The van der Waals surface area contributed by atoms with Crippen molar-refractivity contribution in [2.45, 2.75) is 20.0 Å². The van der Waals surface area contributed by atoms with Gasteiger partial charge in [0.2, 0.25) is 0 Å². The number of ketones is 1. The Morgan fingerprint density at radius 3 is 3.13 bits per heavy atom. The summed E-state index contributed by atoms with van der Waals surface area (Å²) in [5.41, 5.74) is 0.564. The molecule has 0 radical (unpaired) electrons. The van der Waals surface area contributed by atoms with Crippen molar-refractivity contribution < 1.29 is 9.53 Å². The molecule has 0 saturated carbocycles. The van der Waals surface area contributed by atoms with Crippen LogP contribution in [0, 0.1) is 0 Å². The van der Waals surface area contributed by atoms with Crippen molar-refractivity contribution in [3.63, 3.8) is 0 Å². The average Bonchev–Trinajstić information content (AvgIpc) is 2.66. The minimum atomic E-state index is 0.0267. The van der Waals surface area contributed by atoms with Crippen molar-refractivity contribution in [1.82, 2.24) is 4.98 Å². The Morgan fingerprint density at radius 2 is 2.53 bits per heavy atom. The number of hydrogen-bond acceptors (Lipinski definition) is 5. The summed E-state index contributed by atoms with van der Waals surface area (Å²) in [6, 6.07) is 0. The maximum Gasteiger partial charge on any atom is 0.186 e. The Bertz CT molecular complexity index is 364. The van der Waals surface area contributed by atoms with E-state index in [4.69, 9.17) is 4.74 Å². The minimum absolute atomic E-state index is 0.0267. The third-order valence-corrected chi connectivity index (χ3v) is 3.27. The van der Waals surface area contributed by atoms with Gasteiger partial charge >= 0.3 is 0 Å². The second-order valence-corrected chi connectivity index (χ2v) is 4.54. The van der Waals surface area contributed by atoms with Crippen molar-refractivity contribution in [3.8, 4) is 0 Å². The number of thiazole rings is 1. The average molecular weight is 226 g/mol. The second kappa shape index (κ2) is 4.28. The highest BCUT2D eigenvalue weighted by molar-refractivity contribution is 7.13. The molecule has 1 atom stereocenters. The molecule has 1 fully saturated rings. The van der Waals surface area contributed by atoms with Gasteiger partial charge in [0, 0.05) is 25.4 Å². The Morgan fingerprint density at radius 1 is 1.73 bits per heavy atom. The molecule has 1 aromatic rings. The molecule has 1 aliphatic rings. The normalized spacial score (nSPS) is 21.7. The summed E-state index contributed by atoms with van der Waals surface area (Å²) in [6.45, 7) is 6.03. The molecule has 0 aromatic carbocycles. The maximum absolute atomic E-state index is 11.1. The predicted molar refractivity (Wildman–Crippen MR) is 59.7 cm³/mol. The summed E-state index contributed by atoms with van der Waals surface area (Å²) < 4.78 is 5.45. The van der Waals surface area contributed by atoms with Gasteiger partial charge in [-0.05, 0) is 6.92 Å². The van der Waals surface area contributed by atoms with Gasteiger partial charge in [-0.1, -0.05) is 0 Å². The topological polar surface area (TPSA) is 42.4 Å². The standard InChI is InChI=1S/C10H14N2O2S/c1-7-5-12(3-4-14-7)10-11-9(6-15-10)8(2)13/h6-7H,3-5H2,1-2H3. The number of morpholine rings is 1. The molecule has 0 aliphatic carbocycles. The molecule has 0 N–H and O–H groups in total. The fourth-order valence-electron chi connectivity index (χ4n) is 1.56. The van der Waals surface area contributed by atoms with Gasteiger partial charge < -0.3 is 9.64 Å². The van der Waals surface area contributed by atoms with Gasteiger partial charge in [-0.25, -0.2) is 4.98 Å². The highest BCUT2D eigenvalue weighted by Crippen LogP contribution is 2.22. The van der Waals surface area contributed by atoms with E-state index in [9.17, 15) is 4.79 Å². The zero-order valence-corrected chi connectivity index (χ0v) is 9.71. The van der Waals surface area contributed by atoms with Crippen LogP contribution in [0.2, 0.25) is 0 Å². The van der Waals surface area contributed by atoms with Gasteiger partial charge in [0.25, 0.3) is 0 Å². The van der Waals surface area contributed by atoms with E-state index >= 15 is 0 Å². The lowest BCUT2D eigenvalue weighted by molar-refractivity contribution is 0.0532. The number of Topliss-reactive ketones (excluding diaryl/α,β-unsaturated/α-hetero) is 1. The number of rotatable bonds is 2. The molecule has 0 amide bonds. The molecule has 2 rings (SSSR count). The van der Waals surface area contributed by atoms with Gasteiger partial charge in [-0.2, -0.15) is 0 Å². The first-order valence-corrected chi connectivity index (χ1v) is 5.88. The Labute approximate surface area is 92.9 Å². The van der Waals surface area contributed by atoms with E-state index < -0.39 is 0 Å². The summed E-state index contributed by atoms with van der Waals surface area (Å²) in [7, 11) is 0. The second-order valence-electron chi connectivity index (χ2n) is 3.70. The molecule has 1 aliphatic heterocycles. The highest BCUT2D eigenvalue weighted by Gasteiger charge is 2.19. The number of hydrogen-bond donors (Lipinski definition) is 0. The molecule has 4 nitrogen and oxygen atoms in total. The monoisotopic (exact) mass is 226 g/mol. The van der Waals surface area contributed by atoms with Crippen LogP contribution in [0.4, 0.5) is 5.13 Å². The van der Waals surface area contributed by atoms with E-state index in [1.54, 1.807) is 6.92 Å². The van der Waals surface area contributed by atoms with Crippen molar-refractivity contribution in [1.29, 1.82) is 0 Å². The largest absolute Gasteiger partial charge is 0.375 e. The highest BCUT2D eigenvalue weighted by atomic mass is 32.1. The van der Waals surface area contributed by atoms with Gasteiger partial charge in [0.05, 0.1) is 12.7 Å². The van der Waals surface area contributed by atoms with Gasteiger partial charge in [-0.3, -0.25) is 4.79 Å². The molecular weight excluding hydrogens is 212 g/mol. The number of ether oxygens (including phenoxy) is 1. The number of nitrogens with zero attached hydrogens (tertiary/aromatic N) is 2. The first kappa shape index (κ1) is 10.6. The van der Waals surface area contributed by atoms with Crippen LogP contribution in [-0.2, 0) is 4.74 Å². The van der Waals surface area contributed by atoms with E-state index in [-0.39, 0.29) is 11.9 Å². The summed E-state index contributed by atoms with van der Waals surface area (Å²) >= 11 is 1.52. The third kappa shape index (κ3) is 2.35. The molecule has 5 heteroatoms. The van der Waals surface area contributed by atoms with Crippen molar-refractivity contribution >= 4 is 22.3 Å². The number of anilines is 1. The number of carbonyl (C=O) groups is 1. The zero-order chi connectivity index (χ0) is 10.8. The lowest BCUT2D eigenvalue weighted by atomic mass is 10.3. The minimum Gasteiger partial charge on any atom is -0.375 e. The van der Waals surface area contributed by atoms with Crippen molar-refractivity contribution in [3.05, 3.63) is 11.1 Å². The van der Waals surface area contributed by atoms with E-state index in [1.807, 2.05) is 12.3 Å². The molecule has 2 heterocycles. The quantitative estimate of drug-likeness (QED) is 0.718. The van der Waals surface area contributed by atoms with Crippen molar-refractivity contribution in [2.24, 2.45) is 0 Å². The Balaban J connectivity index is 2.11. The lowest BCUT2D eigenvalue weighted by Crippen LogP contribution is -2.41. The summed E-state index contributed by atoms with van der Waals surface area (Å²) in [6.07, 6.45) is 0.239. The first-order chi connectivity index (χ1) is 7.16. The van der Waals surface area contributed by atoms with Crippen LogP contribution < -0.4 is 4.90 Å². The van der Waals surface area contributed by atoms with Crippen LogP contribution in [0.1, 0.15) is 24.3 Å². The molecule has 0 spiro atoms. The fourth-order valence-corrected chi connectivity index (χ4v) is 2.47. The first-order valence-electron chi connectivity index (χ1n) is 5.00. The summed E-state index contributed by atoms with van der Waals surface area (Å²) in [4.78, 5) is 17.6. The van der Waals surface area contributed by atoms with Crippen molar-refractivity contribution in [2.75, 3.05) is 24.6 Å². The van der Waals surface area contributed by atoms with Crippen LogP contribution >= 0.6 is 11.3 Å². The maximum atomic E-state index is 11.1. The predicted octanol–water partition coefficient (Wildman–Crippen LogP) is 1.57. The van der Waals surface area contributed by atoms with Gasteiger partial charge in [-0.15, -0.1) is 11.3 Å². The summed E-state index contributed by atoms with van der Waals surface area (Å²) in [5, 5.41) is 2.74. The van der Waals surface area contributed by atoms with Gasteiger partial charge in [0.1, 0.15) is 5.69 Å². The van der Waals surface area contributed by atoms with E-state index in [0.29, 0.717) is 5.69 Å². The van der Waals surface area contributed by atoms with E-state index in [0.717, 1.165) is 24.8 Å². The summed E-state index contributed by atoms with van der Waals surface area (Å²) in [5.74, 6) is 0.0267. The molecule has 82 valence electrons. The lowest BCUT2D eigenvalue weighted by Gasteiger charge is -2.30. The van der Waals surface area contributed by atoms with Crippen LogP contribution in [0.25, 0.3) is 0 Å².